The Morgan fingerprint density at radius 3 is 2.48 bits per heavy atom. The quantitative estimate of drug-likeness (QED) is 0.313. The van der Waals surface area contributed by atoms with Crippen molar-refractivity contribution >= 4 is 11.0 Å². The fourth-order valence-corrected chi connectivity index (χ4v) is 3.72. The van der Waals surface area contributed by atoms with Gasteiger partial charge in [-0.25, -0.2) is 4.98 Å². The van der Waals surface area contributed by atoms with Crippen LogP contribution in [0.3, 0.4) is 0 Å². The molecule has 0 N–H and O–H groups in total. The first-order valence-electron chi connectivity index (χ1n) is 11.0. The molecule has 0 bridgehead atoms. The third kappa shape index (κ3) is 5.08. The van der Waals surface area contributed by atoms with Gasteiger partial charge in [0.25, 0.3) is 0 Å². The van der Waals surface area contributed by atoms with E-state index in [-0.39, 0.29) is 0 Å². The maximum atomic E-state index is 6.04. The molecular weight excluding hydrogens is 384 g/mol. The number of hydrogen-bond acceptors (Lipinski definition) is 3. The van der Waals surface area contributed by atoms with Gasteiger partial charge in [-0.3, -0.25) is 0 Å². The van der Waals surface area contributed by atoms with Gasteiger partial charge >= 0.3 is 0 Å². The van der Waals surface area contributed by atoms with E-state index in [0.29, 0.717) is 25.7 Å². The average molecular weight is 415 g/mol. The van der Waals surface area contributed by atoms with Crippen LogP contribution in [0.1, 0.15) is 43.1 Å². The van der Waals surface area contributed by atoms with Gasteiger partial charge in [-0.15, -0.1) is 0 Å². The van der Waals surface area contributed by atoms with Crippen LogP contribution in [0.4, 0.5) is 0 Å². The molecule has 0 radical (unpaired) electrons. The minimum atomic E-state index is 0.418. The molecule has 0 aliphatic rings. The standard InChI is InChI=1S/C27H30N2O2/c1-4-21(3)22-12-14-23(15-13-22)30-17-16-29-26-11-6-5-10-25(26)28-27(29)19-31-24-9-7-8-20(2)18-24/h5-15,18,21H,4,16-17,19H2,1-3H3. The molecule has 0 aliphatic carbocycles. The molecule has 4 nitrogen and oxygen atoms in total. The molecule has 0 saturated heterocycles. The SMILES string of the molecule is CCC(C)c1ccc(OCCn2c(COc3cccc(C)c3)nc3ccccc32)cc1. The number of benzene rings is 3. The number of fused-ring (bicyclic) bond motifs is 1. The zero-order valence-electron chi connectivity index (χ0n) is 18.5. The van der Waals surface area contributed by atoms with Crippen LogP contribution < -0.4 is 9.47 Å². The molecule has 4 aromatic rings. The van der Waals surface area contributed by atoms with Crippen molar-refractivity contribution in [1.29, 1.82) is 0 Å². The lowest BCUT2D eigenvalue weighted by Crippen LogP contribution is -2.13. The zero-order chi connectivity index (χ0) is 21.6. The second-order valence-corrected chi connectivity index (χ2v) is 8.00. The highest BCUT2D eigenvalue weighted by molar-refractivity contribution is 5.75. The van der Waals surface area contributed by atoms with Crippen LogP contribution in [0, 0.1) is 6.92 Å². The zero-order valence-corrected chi connectivity index (χ0v) is 18.5. The van der Waals surface area contributed by atoms with Crippen LogP contribution in [0.2, 0.25) is 0 Å². The number of imidazole rings is 1. The number of rotatable bonds is 9. The molecule has 1 atom stereocenters. The topological polar surface area (TPSA) is 36.3 Å². The third-order valence-corrected chi connectivity index (χ3v) is 5.74. The summed E-state index contributed by atoms with van der Waals surface area (Å²) in [5.74, 6) is 3.23. The summed E-state index contributed by atoms with van der Waals surface area (Å²) in [7, 11) is 0. The highest BCUT2D eigenvalue weighted by Crippen LogP contribution is 2.22. The molecule has 0 fully saturated rings. The summed E-state index contributed by atoms with van der Waals surface area (Å²) in [5.41, 5.74) is 4.61. The van der Waals surface area contributed by atoms with Crippen molar-refractivity contribution in [3.63, 3.8) is 0 Å². The first-order chi connectivity index (χ1) is 15.1. The van der Waals surface area contributed by atoms with Crippen LogP contribution >= 0.6 is 0 Å². The summed E-state index contributed by atoms with van der Waals surface area (Å²) in [5, 5.41) is 0. The van der Waals surface area contributed by atoms with Crippen molar-refractivity contribution in [2.75, 3.05) is 6.61 Å². The number of aryl methyl sites for hydroxylation is 1. The highest BCUT2D eigenvalue weighted by Gasteiger charge is 2.11. The molecule has 1 aromatic heterocycles. The maximum Gasteiger partial charge on any atom is 0.148 e. The monoisotopic (exact) mass is 414 g/mol. The Morgan fingerprint density at radius 2 is 1.71 bits per heavy atom. The summed E-state index contributed by atoms with van der Waals surface area (Å²) in [6, 6.07) is 24.7. The molecule has 1 heterocycles. The molecular formula is C27H30N2O2. The lowest BCUT2D eigenvalue weighted by molar-refractivity contribution is 0.272. The van der Waals surface area contributed by atoms with E-state index < -0.39 is 0 Å². The smallest absolute Gasteiger partial charge is 0.148 e. The number of nitrogens with zero attached hydrogens (tertiary/aromatic N) is 2. The van der Waals surface area contributed by atoms with E-state index in [9.17, 15) is 0 Å². The average Bonchev–Trinajstić information content (AvgIpc) is 3.15. The van der Waals surface area contributed by atoms with Gasteiger partial charge in [0.2, 0.25) is 0 Å². The number of para-hydroxylation sites is 2. The first kappa shape index (κ1) is 21.0. The van der Waals surface area contributed by atoms with E-state index >= 15 is 0 Å². The molecule has 0 aliphatic heterocycles. The van der Waals surface area contributed by atoms with Gasteiger partial charge in [-0.1, -0.05) is 50.2 Å². The molecule has 31 heavy (non-hydrogen) atoms. The fourth-order valence-electron chi connectivity index (χ4n) is 3.72. The van der Waals surface area contributed by atoms with Gasteiger partial charge < -0.3 is 14.0 Å². The lowest BCUT2D eigenvalue weighted by Gasteiger charge is -2.13. The molecule has 160 valence electrons. The summed E-state index contributed by atoms with van der Waals surface area (Å²) in [6.45, 7) is 8.22. The molecule has 0 amide bonds. The van der Waals surface area contributed by atoms with E-state index in [2.05, 4.69) is 61.7 Å². The Bertz CT molecular complexity index is 1130. The number of ether oxygens (including phenoxy) is 2. The normalized spacial score (nSPS) is 12.1. The molecule has 4 rings (SSSR count). The van der Waals surface area contributed by atoms with E-state index in [1.165, 1.54) is 11.1 Å². The van der Waals surface area contributed by atoms with Crippen LogP contribution in [0.5, 0.6) is 11.5 Å². The predicted molar refractivity (Wildman–Crippen MR) is 126 cm³/mol. The van der Waals surface area contributed by atoms with E-state index in [4.69, 9.17) is 14.5 Å². The number of aromatic nitrogens is 2. The molecule has 4 heteroatoms. The largest absolute Gasteiger partial charge is 0.492 e. The number of hydrogen-bond donors (Lipinski definition) is 0. The molecule has 0 spiro atoms. The van der Waals surface area contributed by atoms with Gasteiger partial charge in [0, 0.05) is 0 Å². The van der Waals surface area contributed by atoms with Gasteiger partial charge in [0.1, 0.15) is 30.5 Å². The summed E-state index contributed by atoms with van der Waals surface area (Å²) in [4.78, 5) is 4.80. The lowest BCUT2D eigenvalue weighted by atomic mass is 9.99. The second-order valence-electron chi connectivity index (χ2n) is 8.00. The molecule has 1 unspecified atom stereocenters. The van der Waals surface area contributed by atoms with Crippen molar-refractivity contribution in [3.05, 3.63) is 89.7 Å². The Labute approximate surface area is 184 Å². The van der Waals surface area contributed by atoms with Gasteiger partial charge in [-0.05, 0) is 66.8 Å². The Balaban J connectivity index is 1.45. The predicted octanol–water partition coefficient (Wildman–Crippen LogP) is 6.52. The molecule has 3 aromatic carbocycles. The Kier molecular flexibility index (Phi) is 6.56. The van der Waals surface area contributed by atoms with E-state index in [0.717, 1.165) is 34.8 Å². The second kappa shape index (κ2) is 9.69. The van der Waals surface area contributed by atoms with Crippen LogP contribution in [0.25, 0.3) is 11.0 Å². The van der Waals surface area contributed by atoms with Crippen LogP contribution in [-0.4, -0.2) is 16.2 Å². The van der Waals surface area contributed by atoms with Gasteiger partial charge in [0.05, 0.1) is 17.6 Å². The first-order valence-corrected chi connectivity index (χ1v) is 11.0. The van der Waals surface area contributed by atoms with E-state index in [1.54, 1.807) is 0 Å². The summed E-state index contributed by atoms with van der Waals surface area (Å²) >= 11 is 0. The Morgan fingerprint density at radius 1 is 0.903 bits per heavy atom. The highest BCUT2D eigenvalue weighted by atomic mass is 16.5. The van der Waals surface area contributed by atoms with Crippen molar-refractivity contribution in [2.45, 2.75) is 46.3 Å². The summed E-state index contributed by atoms with van der Waals surface area (Å²) in [6.07, 6.45) is 1.14. The van der Waals surface area contributed by atoms with Crippen molar-refractivity contribution in [2.24, 2.45) is 0 Å². The minimum Gasteiger partial charge on any atom is -0.492 e. The van der Waals surface area contributed by atoms with Gasteiger partial charge in [0.15, 0.2) is 0 Å². The van der Waals surface area contributed by atoms with Crippen LogP contribution in [-0.2, 0) is 13.2 Å². The van der Waals surface area contributed by atoms with Gasteiger partial charge in [-0.2, -0.15) is 0 Å². The fraction of sp³-hybridized carbons (Fsp3) is 0.296. The third-order valence-electron chi connectivity index (χ3n) is 5.74. The summed E-state index contributed by atoms with van der Waals surface area (Å²) < 4.78 is 14.3. The minimum absolute atomic E-state index is 0.418. The van der Waals surface area contributed by atoms with Crippen molar-refractivity contribution < 1.29 is 9.47 Å². The van der Waals surface area contributed by atoms with Crippen LogP contribution in [0.15, 0.2) is 72.8 Å². The Hall–Kier alpha value is -3.27. The van der Waals surface area contributed by atoms with Crippen molar-refractivity contribution in [3.8, 4) is 11.5 Å². The van der Waals surface area contributed by atoms with E-state index in [1.807, 2.05) is 36.4 Å². The molecule has 0 saturated carbocycles. The maximum absolute atomic E-state index is 6.04. The van der Waals surface area contributed by atoms with Crippen molar-refractivity contribution in [1.82, 2.24) is 9.55 Å².